The number of imide groups is 1. The maximum Gasteiger partial charge on any atom is 0.508 e. The zero-order valence-electron chi connectivity index (χ0n) is 17.8. The molecule has 30 heavy (non-hydrogen) atoms. The van der Waals surface area contributed by atoms with E-state index in [1.54, 1.807) is 6.92 Å². The van der Waals surface area contributed by atoms with Gasteiger partial charge in [-0.05, 0) is 12.5 Å². The first kappa shape index (κ1) is 23.7. The van der Waals surface area contributed by atoms with Crippen LogP contribution in [0.2, 0.25) is 0 Å². The third-order valence-electron chi connectivity index (χ3n) is 5.36. The van der Waals surface area contributed by atoms with Gasteiger partial charge < -0.3 is 18.0 Å². The van der Waals surface area contributed by atoms with Gasteiger partial charge in [-0.2, -0.15) is 0 Å². The lowest BCUT2D eigenvalue weighted by molar-refractivity contribution is -0.385. The fraction of sp³-hybridized carbons (Fsp3) is 0.474. The van der Waals surface area contributed by atoms with Gasteiger partial charge in [0.1, 0.15) is 5.75 Å². The van der Waals surface area contributed by atoms with Gasteiger partial charge in [-0.25, -0.2) is 0 Å². The Morgan fingerprint density at radius 1 is 1.10 bits per heavy atom. The van der Waals surface area contributed by atoms with Gasteiger partial charge in [0.2, 0.25) is 0 Å². The normalized spacial score (nSPS) is 16.1. The molecule has 1 aliphatic heterocycles. The topological polar surface area (TPSA) is 126 Å². The molecule has 0 saturated heterocycles. The zero-order valence-corrected chi connectivity index (χ0v) is 18.8. The summed E-state index contributed by atoms with van der Waals surface area (Å²) in [4.78, 5) is 35.0. The predicted molar refractivity (Wildman–Crippen MR) is 109 cm³/mol. The molecule has 0 aliphatic carbocycles. The Bertz CT molecular complexity index is 873. The van der Waals surface area contributed by atoms with E-state index in [0.29, 0.717) is 17.7 Å². The molecule has 0 aromatic heterocycles. The van der Waals surface area contributed by atoms with Crippen molar-refractivity contribution in [3.05, 3.63) is 45.0 Å². The van der Waals surface area contributed by atoms with E-state index < -0.39 is 37.0 Å². The fourth-order valence-electron chi connectivity index (χ4n) is 3.81. The maximum absolute atomic E-state index is 12.1. The van der Waals surface area contributed by atoms with Crippen LogP contribution in [0.15, 0.2) is 23.8 Å². The van der Waals surface area contributed by atoms with Crippen LogP contribution in [0.3, 0.4) is 0 Å². The van der Waals surface area contributed by atoms with E-state index in [1.807, 2.05) is 6.92 Å². The molecule has 2 atom stereocenters. The van der Waals surface area contributed by atoms with Crippen LogP contribution in [0.5, 0.6) is 5.75 Å². The standard InChI is InChI=1S/C19H26N2O8Si/c1-7-17(30(27-4,28-5)29-6)14-8-15(21(24)25)12(9-16(14)26-3)11(2)13-10-18(22)20-19(13)23/h8-11,17H,7H2,1-6H3,(H,20,22,23). The molecule has 0 saturated carbocycles. The van der Waals surface area contributed by atoms with Crippen molar-refractivity contribution in [1.29, 1.82) is 0 Å². The highest BCUT2D eigenvalue weighted by molar-refractivity contribution is 6.62. The predicted octanol–water partition coefficient (Wildman–Crippen LogP) is 2.20. The Labute approximate surface area is 175 Å². The third-order valence-corrected chi connectivity index (χ3v) is 8.64. The molecular formula is C19H26N2O8Si. The lowest BCUT2D eigenvalue weighted by Gasteiger charge is -2.33. The number of carbonyl (C=O) groups is 2. The lowest BCUT2D eigenvalue weighted by Crippen LogP contribution is -2.49. The van der Waals surface area contributed by atoms with Gasteiger partial charge in [0.25, 0.3) is 17.5 Å². The largest absolute Gasteiger partial charge is 0.508 e. The number of benzene rings is 1. The lowest BCUT2D eigenvalue weighted by atomic mass is 9.89. The molecule has 0 fully saturated rings. The van der Waals surface area contributed by atoms with Crippen LogP contribution in [-0.2, 0) is 22.9 Å². The smallest absolute Gasteiger partial charge is 0.496 e. The molecule has 0 spiro atoms. The first-order valence-corrected chi connectivity index (χ1v) is 11.1. The molecular weight excluding hydrogens is 412 g/mol. The monoisotopic (exact) mass is 438 g/mol. The number of hydrogen-bond donors (Lipinski definition) is 1. The van der Waals surface area contributed by atoms with Crippen LogP contribution in [0.4, 0.5) is 5.69 Å². The van der Waals surface area contributed by atoms with Crippen molar-refractivity contribution < 1.29 is 32.5 Å². The second kappa shape index (κ2) is 9.47. The van der Waals surface area contributed by atoms with Gasteiger partial charge in [-0.3, -0.25) is 25.0 Å². The van der Waals surface area contributed by atoms with Crippen LogP contribution in [-0.4, -0.2) is 54.0 Å². The summed E-state index contributed by atoms with van der Waals surface area (Å²) >= 11 is 0. The minimum Gasteiger partial charge on any atom is -0.496 e. The first-order chi connectivity index (χ1) is 14.2. The summed E-state index contributed by atoms with van der Waals surface area (Å²) in [5, 5.41) is 14.1. The van der Waals surface area contributed by atoms with E-state index in [1.165, 1.54) is 40.6 Å². The number of nitrogens with zero attached hydrogens (tertiary/aromatic N) is 1. The Morgan fingerprint density at radius 3 is 2.10 bits per heavy atom. The van der Waals surface area contributed by atoms with Gasteiger partial charge in [-0.15, -0.1) is 0 Å². The molecule has 164 valence electrons. The van der Waals surface area contributed by atoms with Crippen molar-refractivity contribution in [1.82, 2.24) is 5.32 Å². The maximum atomic E-state index is 12.1. The third kappa shape index (κ3) is 4.14. The van der Waals surface area contributed by atoms with Gasteiger partial charge >= 0.3 is 8.80 Å². The molecule has 1 heterocycles. The highest BCUT2D eigenvalue weighted by Crippen LogP contribution is 2.43. The molecule has 10 nitrogen and oxygen atoms in total. The van der Waals surface area contributed by atoms with Crippen molar-refractivity contribution in [2.24, 2.45) is 0 Å². The summed E-state index contributed by atoms with van der Waals surface area (Å²) in [6, 6.07) is 2.94. The minimum absolute atomic E-state index is 0.152. The quantitative estimate of drug-likeness (QED) is 0.255. The molecule has 0 radical (unpaired) electrons. The van der Waals surface area contributed by atoms with Gasteiger partial charge in [0, 0.05) is 56.1 Å². The van der Waals surface area contributed by atoms with E-state index in [9.17, 15) is 19.7 Å². The Kier molecular flexibility index (Phi) is 7.47. The van der Waals surface area contributed by atoms with Crippen molar-refractivity contribution in [2.45, 2.75) is 31.7 Å². The van der Waals surface area contributed by atoms with Crippen LogP contribution in [0.1, 0.15) is 42.9 Å². The zero-order chi connectivity index (χ0) is 22.6. The highest BCUT2D eigenvalue weighted by atomic mass is 28.4. The number of nitro groups is 1. The van der Waals surface area contributed by atoms with Gasteiger partial charge in [0.05, 0.1) is 17.6 Å². The average molecular weight is 439 g/mol. The first-order valence-electron chi connectivity index (χ1n) is 9.28. The van der Waals surface area contributed by atoms with E-state index in [2.05, 4.69) is 5.32 Å². The van der Waals surface area contributed by atoms with E-state index in [4.69, 9.17) is 18.0 Å². The molecule has 1 N–H and O–H groups in total. The van der Waals surface area contributed by atoms with E-state index >= 15 is 0 Å². The van der Waals surface area contributed by atoms with E-state index in [0.717, 1.165) is 6.08 Å². The number of hydrogen-bond acceptors (Lipinski definition) is 8. The van der Waals surface area contributed by atoms with Crippen LogP contribution in [0, 0.1) is 10.1 Å². The second-order valence-corrected chi connectivity index (χ2v) is 9.86. The van der Waals surface area contributed by atoms with E-state index in [-0.39, 0.29) is 16.8 Å². The Hall–Kier alpha value is -2.60. The number of methoxy groups -OCH3 is 1. The average Bonchev–Trinajstić information content (AvgIpc) is 3.08. The summed E-state index contributed by atoms with van der Waals surface area (Å²) in [7, 11) is 2.67. The van der Waals surface area contributed by atoms with Crippen LogP contribution < -0.4 is 10.1 Å². The van der Waals surface area contributed by atoms with Gasteiger partial charge in [-0.1, -0.05) is 13.8 Å². The van der Waals surface area contributed by atoms with Crippen LogP contribution in [0.25, 0.3) is 0 Å². The summed E-state index contributed by atoms with van der Waals surface area (Å²) in [6.07, 6.45) is 1.68. The number of nitro benzene ring substituents is 1. The molecule has 1 aromatic carbocycles. The molecule has 0 bridgehead atoms. The SMILES string of the molecule is CCC(c1cc([N+](=O)[O-])c(C(C)C2=CC(=O)NC2=O)cc1OC)[Si](OC)(OC)OC. The highest BCUT2D eigenvalue weighted by Gasteiger charge is 2.49. The summed E-state index contributed by atoms with van der Waals surface area (Å²) < 4.78 is 22.3. The van der Waals surface area contributed by atoms with Crippen molar-refractivity contribution in [2.75, 3.05) is 28.4 Å². The summed E-state index contributed by atoms with van der Waals surface area (Å²) in [5.74, 6) is -1.44. The number of amides is 2. The summed E-state index contributed by atoms with van der Waals surface area (Å²) in [5.41, 5.74) is 0.299. The van der Waals surface area contributed by atoms with Gasteiger partial charge in [0.15, 0.2) is 0 Å². The molecule has 2 amide bonds. The Morgan fingerprint density at radius 2 is 1.70 bits per heavy atom. The molecule has 2 rings (SSSR count). The molecule has 11 heteroatoms. The number of ether oxygens (including phenoxy) is 1. The van der Waals surface area contributed by atoms with Crippen molar-refractivity contribution >= 4 is 26.3 Å². The van der Waals surface area contributed by atoms with Crippen molar-refractivity contribution in [3.63, 3.8) is 0 Å². The van der Waals surface area contributed by atoms with Crippen LogP contribution >= 0.6 is 0 Å². The molecule has 2 unspecified atom stereocenters. The number of carbonyl (C=O) groups excluding carboxylic acids is 2. The number of rotatable bonds is 10. The number of nitrogens with one attached hydrogen (secondary N) is 1. The Balaban J connectivity index is 2.70. The second-order valence-electron chi connectivity index (χ2n) is 6.73. The minimum atomic E-state index is -3.21. The molecule has 1 aromatic rings. The fourth-order valence-corrected chi connectivity index (χ4v) is 6.27. The molecule has 1 aliphatic rings. The summed E-state index contributed by atoms with van der Waals surface area (Å²) in [6.45, 7) is 3.52. The van der Waals surface area contributed by atoms with Crippen molar-refractivity contribution in [3.8, 4) is 5.75 Å².